The van der Waals surface area contributed by atoms with Crippen LogP contribution >= 0.6 is 0 Å². The van der Waals surface area contributed by atoms with Gasteiger partial charge in [0.25, 0.3) is 5.91 Å². The summed E-state index contributed by atoms with van der Waals surface area (Å²) >= 11 is 0. The Balaban J connectivity index is 1.56. The Bertz CT molecular complexity index is 1300. The maximum absolute atomic E-state index is 13.9. The molecule has 2 heterocycles. The second kappa shape index (κ2) is 7.59. The summed E-state index contributed by atoms with van der Waals surface area (Å²) in [4.78, 5) is 24.1. The van der Waals surface area contributed by atoms with Crippen molar-refractivity contribution in [1.82, 2.24) is 14.9 Å². The second-order valence-electron chi connectivity index (χ2n) is 8.93. The van der Waals surface area contributed by atoms with Crippen LogP contribution in [0.4, 0.5) is 4.39 Å². The van der Waals surface area contributed by atoms with Crippen molar-refractivity contribution in [2.75, 3.05) is 6.54 Å². The summed E-state index contributed by atoms with van der Waals surface area (Å²) in [5.74, 6) is 0.438. The van der Waals surface area contributed by atoms with Crippen molar-refractivity contribution in [3.05, 3.63) is 89.0 Å². The number of halogens is 1. The lowest BCUT2D eigenvalue weighted by Crippen LogP contribution is -2.43. The Morgan fingerprint density at radius 1 is 1.06 bits per heavy atom. The summed E-state index contributed by atoms with van der Waals surface area (Å²) in [5, 5.41) is 0. The molecule has 3 aromatic carbocycles. The van der Waals surface area contributed by atoms with E-state index >= 15 is 0 Å². The van der Waals surface area contributed by atoms with E-state index in [0.29, 0.717) is 17.7 Å². The minimum atomic E-state index is -0.535. The molecule has 1 unspecified atom stereocenters. The van der Waals surface area contributed by atoms with Crippen molar-refractivity contribution >= 4 is 16.9 Å². The van der Waals surface area contributed by atoms with E-state index in [-0.39, 0.29) is 11.7 Å². The molecule has 5 heteroatoms. The number of hydrogen-bond donors (Lipinski definition) is 1. The van der Waals surface area contributed by atoms with Crippen molar-refractivity contribution < 1.29 is 9.18 Å². The molecule has 1 fully saturated rings. The lowest BCUT2D eigenvalue weighted by molar-refractivity contribution is 0.0607. The molecule has 1 aromatic heterocycles. The number of aromatic nitrogens is 2. The first-order valence-corrected chi connectivity index (χ1v) is 11.0. The largest absolute Gasteiger partial charge is 0.340 e. The van der Waals surface area contributed by atoms with Crippen molar-refractivity contribution in [2.24, 2.45) is 0 Å². The third kappa shape index (κ3) is 3.29. The number of aromatic amines is 1. The number of nitrogens with zero attached hydrogens (tertiary/aromatic N) is 2. The number of H-pyrrole nitrogens is 1. The highest BCUT2D eigenvalue weighted by Gasteiger charge is 2.44. The molecule has 4 nitrogen and oxygen atoms in total. The zero-order chi connectivity index (χ0) is 22.5. The van der Waals surface area contributed by atoms with Crippen LogP contribution in [0.1, 0.15) is 47.1 Å². The fraction of sp³-hybridized carbons (Fsp3) is 0.259. The van der Waals surface area contributed by atoms with Gasteiger partial charge in [-0.15, -0.1) is 0 Å². The first-order valence-electron chi connectivity index (χ1n) is 11.0. The van der Waals surface area contributed by atoms with Crippen molar-refractivity contribution in [3.8, 4) is 11.1 Å². The lowest BCUT2D eigenvalue weighted by atomic mass is 9.95. The molecular weight excluding hydrogens is 401 g/mol. The van der Waals surface area contributed by atoms with Gasteiger partial charge in [-0.3, -0.25) is 4.79 Å². The maximum Gasteiger partial charge on any atom is 0.255 e. The van der Waals surface area contributed by atoms with Crippen LogP contribution in [0.3, 0.4) is 0 Å². The van der Waals surface area contributed by atoms with Gasteiger partial charge >= 0.3 is 0 Å². The fourth-order valence-corrected chi connectivity index (χ4v) is 4.78. The smallest absolute Gasteiger partial charge is 0.255 e. The number of benzene rings is 3. The molecule has 4 aromatic rings. The van der Waals surface area contributed by atoms with Crippen molar-refractivity contribution in [2.45, 2.75) is 39.2 Å². The first kappa shape index (κ1) is 20.4. The SMILES string of the molecule is Cc1cc2nc(C3(C)CCCN3C(=O)c3ccccc3-c3cccc(F)c3)[nH]c2cc1C. The average molecular weight is 428 g/mol. The Hall–Kier alpha value is -3.47. The summed E-state index contributed by atoms with van der Waals surface area (Å²) < 4.78 is 13.9. The van der Waals surface area contributed by atoms with E-state index < -0.39 is 5.54 Å². The number of aryl methyl sites for hydroxylation is 2. The predicted octanol–water partition coefficient (Wildman–Crippen LogP) is 6.14. The molecule has 1 N–H and O–H groups in total. The molecule has 0 radical (unpaired) electrons. The molecule has 5 rings (SSSR count). The normalized spacial score (nSPS) is 18.4. The van der Waals surface area contributed by atoms with Gasteiger partial charge in [0.1, 0.15) is 11.6 Å². The van der Waals surface area contributed by atoms with Gasteiger partial charge in [-0.1, -0.05) is 30.3 Å². The van der Waals surface area contributed by atoms with E-state index in [1.54, 1.807) is 6.07 Å². The van der Waals surface area contributed by atoms with Crippen LogP contribution in [0.5, 0.6) is 0 Å². The highest BCUT2D eigenvalue weighted by Crippen LogP contribution is 2.40. The number of rotatable bonds is 3. The molecular formula is C27H26FN3O. The number of hydrogen-bond acceptors (Lipinski definition) is 2. The van der Waals surface area contributed by atoms with Gasteiger partial charge in [-0.25, -0.2) is 9.37 Å². The molecule has 162 valence electrons. The topological polar surface area (TPSA) is 49.0 Å². The van der Waals surface area contributed by atoms with Gasteiger partial charge in [0.15, 0.2) is 0 Å². The molecule has 1 amide bonds. The zero-order valence-electron chi connectivity index (χ0n) is 18.6. The van der Waals surface area contributed by atoms with Crippen molar-refractivity contribution in [3.63, 3.8) is 0 Å². The summed E-state index contributed by atoms with van der Waals surface area (Å²) in [6, 6.07) is 18.0. The molecule has 1 aliphatic heterocycles. The van der Waals surface area contributed by atoms with Gasteiger partial charge in [0.2, 0.25) is 0 Å². The van der Waals surface area contributed by atoms with E-state index in [0.717, 1.165) is 35.3 Å². The monoisotopic (exact) mass is 427 g/mol. The van der Waals surface area contributed by atoms with Gasteiger partial charge < -0.3 is 9.88 Å². The number of likely N-dealkylation sites (tertiary alicyclic amines) is 1. The standard InChI is InChI=1S/C27H26FN3O/c1-17-14-23-24(15-18(17)2)30-26(29-23)27(3)12-7-13-31(27)25(32)22-11-5-4-10-21(22)19-8-6-9-20(28)16-19/h4-6,8-11,14-16H,7,12-13H2,1-3H3,(H,29,30). The second-order valence-corrected chi connectivity index (χ2v) is 8.93. The molecule has 32 heavy (non-hydrogen) atoms. The number of amides is 1. The predicted molar refractivity (Wildman–Crippen MR) is 125 cm³/mol. The maximum atomic E-state index is 13.9. The number of imidazole rings is 1. The van der Waals surface area contributed by atoms with Crippen molar-refractivity contribution in [1.29, 1.82) is 0 Å². The fourth-order valence-electron chi connectivity index (χ4n) is 4.78. The van der Waals surface area contributed by atoms with E-state index in [2.05, 4.69) is 37.9 Å². The lowest BCUT2D eigenvalue weighted by Gasteiger charge is -2.34. The van der Waals surface area contributed by atoms with Crippen LogP contribution in [-0.2, 0) is 5.54 Å². The van der Waals surface area contributed by atoms with E-state index in [1.807, 2.05) is 35.2 Å². The van der Waals surface area contributed by atoms with Crippen LogP contribution in [0.25, 0.3) is 22.2 Å². The van der Waals surface area contributed by atoms with Gasteiger partial charge in [-0.05, 0) is 86.2 Å². The molecule has 0 bridgehead atoms. The Labute approximate surface area is 187 Å². The quantitative estimate of drug-likeness (QED) is 0.427. The Morgan fingerprint density at radius 3 is 2.66 bits per heavy atom. The summed E-state index contributed by atoms with van der Waals surface area (Å²) in [5.41, 5.74) is 5.80. The molecule has 1 saturated heterocycles. The molecule has 0 saturated carbocycles. The summed E-state index contributed by atoms with van der Waals surface area (Å²) in [7, 11) is 0. The molecule has 0 aliphatic carbocycles. The van der Waals surface area contributed by atoms with E-state index in [4.69, 9.17) is 4.98 Å². The number of carbonyl (C=O) groups is 1. The highest BCUT2D eigenvalue weighted by atomic mass is 19.1. The molecule has 1 aliphatic rings. The van der Waals surface area contributed by atoms with E-state index in [9.17, 15) is 9.18 Å². The van der Waals surface area contributed by atoms with Crippen LogP contribution in [0, 0.1) is 19.7 Å². The average Bonchev–Trinajstić information content (AvgIpc) is 3.38. The Morgan fingerprint density at radius 2 is 1.84 bits per heavy atom. The van der Waals surface area contributed by atoms with Gasteiger partial charge in [0.05, 0.1) is 16.6 Å². The third-order valence-corrected chi connectivity index (χ3v) is 6.79. The summed E-state index contributed by atoms with van der Waals surface area (Å²) in [6.45, 7) is 6.91. The highest BCUT2D eigenvalue weighted by molar-refractivity contribution is 6.01. The van der Waals surface area contributed by atoms with Crippen LogP contribution < -0.4 is 0 Å². The third-order valence-electron chi connectivity index (χ3n) is 6.79. The summed E-state index contributed by atoms with van der Waals surface area (Å²) in [6.07, 6.45) is 1.73. The minimum absolute atomic E-state index is 0.0577. The van der Waals surface area contributed by atoms with Crippen LogP contribution in [0.15, 0.2) is 60.7 Å². The molecule has 1 atom stereocenters. The number of nitrogens with one attached hydrogen (secondary N) is 1. The first-order chi connectivity index (χ1) is 15.4. The van der Waals surface area contributed by atoms with Gasteiger partial charge in [-0.2, -0.15) is 0 Å². The number of fused-ring (bicyclic) bond motifs is 1. The van der Waals surface area contributed by atoms with Gasteiger partial charge in [0, 0.05) is 12.1 Å². The minimum Gasteiger partial charge on any atom is -0.340 e. The number of carbonyl (C=O) groups excluding carboxylic acids is 1. The van der Waals surface area contributed by atoms with Crippen LogP contribution in [-0.4, -0.2) is 27.3 Å². The van der Waals surface area contributed by atoms with Crippen LogP contribution in [0.2, 0.25) is 0 Å². The van der Waals surface area contributed by atoms with E-state index in [1.165, 1.54) is 23.3 Å². The zero-order valence-corrected chi connectivity index (χ0v) is 18.6. The molecule has 0 spiro atoms. The Kier molecular flexibility index (Phi) is 4.85.